The molecular formula is C12H16O4. The molecule has 1 fully saturated rings. The van der Waals surface area contributed by atoms with Crippen molar-refractivity contribution in [1.82, 2.24) is 0 Å². The molecule has 0 bridgehead atoms. The Labute approximate surface area is 94.8 Å². The normalized spacial score (nSPS) is 15.7. The maximum absolute atomic E-state index is 9.25. The molecule has 0 aliphatic carbocycles. The lowest BCUT2D eigenvalue weighted by molar-refractivity contribution is -0.131. The third kappa shape index (κ3) is 12.2. The van der Waals surface area contributed by atoms with E-state index < -0.39 is 5.97 Å². The van der Waals surface area contributed by atoms with Crippen molar-refractivity contribution < 1.29 is 19.7 Å². The minimum atomic E-state index is -0.981. The lowest BCUT2D eigenvalue weighted by Crippen LogP contribution is -1.82. The minimum absolute atomic E-state index is 0.322. The highest BCUT2D eigenvalue weighted by Gasteiger charge is 2.13. The van der Waals surface area contributed by atoms with Crippen molar-refractivity contribution in [1.29, 1.82) is 0 Å². The number of ether oxygens (including phenoxy) is 1. The van der Waals surface area contributed by atoms with Crippen LogP contribution in [0.1, 0.15) is 6.92 Å². The fourth-order valence-corrected chi connectivity index (χ4v) is 0.524. The summed E-state index contributed by atoms with van der Waals surface area (Å²) in [4.78, 5) is 9.25. The van der Waals surface area contributed by atoms with Gasteiger partial charge in [0.1, 0.15) is 5.75 Å². The molecule has 4 heteroatoms. The molecule has 88 valence electrons. The maximum Gasteiger partial charge on any atom is 0.327 e. The van der Waals surface area contributed by atoms with Crippen molar-refractivity contribution in [2.75, 3.05) is 6.61 Å². The molecular weight excluding hydrogens is 208 g/mol. The quantitative estimate of drug-likeness (QED) is 0.565. The molecule has 2 N–H and O–H groups in total. The molecule has 2 rings (SSSR count). The van der Waals surface area contributed by atoms with Gasteiger partial charge in [-0.25, -0.2) is 4.79 Å². The number of phenols is 1. The Morgan fingerprint density at radius 3 is 2.00 bits per heavy atom. The zero-order valence-electron chi connectivity index (χ0n) is 9.17. The van der Waals surface area contributed by atoms with E-state index >= 15 is 0 Å². The molecule has 0 aromatic heterocycles. The highest BCUT2D eigenvalue weighted by Crippen LogP contribution is 2.04. The van der Waals surface area contributed by atoms with Gasteiger partial charge in [-0.15, -0.1) is 0 Å². The van der Waals surface area contributed by atoms with E-state index in [9.17, 15) is 4.79 Å². The molecule has 1 heterocycles. The second-order valence-corrected chi connectivity index (χ2v) is 3.02. The number of benzene rings is 1. The van der Waals surface area contributed by atoms with E-state index in [1.165, 1.54) is 0 Å². The average molecular weight is 224 g/mol. The number of carbonyl (C=O) groups is 1. The summed E-state index contributed by atoms with van der Waals surface area (Å²) >= 11 is 0. The van der Waals surface area contributed by atoms with E-state index in [0.29, 0.717) is 11.9 Å². The van der Waals surface area contributed by atoms with E-state index in [-0.39, 0.29) is 0 Å². The number of para-hydroxylation sites is 1. The molecule has 1 atom stereocenters. The second kappa shape index (κ2) is 8.49. The van der Waals surface area contributed by atoms with Crippen LogP contribution >= 0.6 is 0 Å². The van der Waals surface area contributed by atoms with Crippen LogP contribution in [0, 0.1) is 0 Å². The van der Waals surface area contributed by atoms with Gasteiger partial charge in [-0.3, -0.25) is 0 Å². The number of epoxide rings is 1. The Morgan fingerprint density at radius 2 is 1.88 bits per heavy atom. The third-order valence-corrected chi connectivity index (χ3v) is 1.43. The van der Waals surface area contributed by atoms with Gasteiger partial charge in [0, 0.05) is 6.08 Å². The average Bonchev–Trinajstić information content (AvgIpc) is 3.03. The third-order valence-electron chi connectivity index (χ3n) is 1.43. The number of hydrogen-bond acceptors (Lipinski definition) is 3. The van der Waals surface area contributed by atoms with Crippen LogP contribution in [0.5, 0.6) is 5.75 Å². The Bertz CT molecular complexity index is 304. The molecule has 0 radical (unpaired) electrons. The van der Waals surface area contributed by atoms with Crippen molar-refractivity contribution in [2.24, 2.45) is 0 Å². The summed E-state index contributed by atoms with van der Waals surface area (Å²) in [6.07, 6.45) is 1.42. The SMILES string of the molecule is C=CC(=O)O.CC1CO1.Oc1ccccc1. The van der Waals surface area contributed by atoms with Gasteiger partial charge in [0.2, 0.25) is 0 Å². The monoisotopic (exact) mass is 224 g/mol. The molecule has 0 saturated carbocycles. The van der Waals surface area contributed by atoms with Crippen LogP contribution in [-0.4, -0.2) is 28.9 Å². The van der Waals surface area contributed by atoms with Gasteiger partial charge in [0.25, 0.3) is 0 Å². The first-order valence-corrected chi connectivity index (χ1v) is 4.77. The van der Waals surface area contributed by atoms with Crippen LogP contribution in [-0.2, 0) is 9.53 Å². The zero-order valence-corrected chi connectivity index (χ0v) is 9.17. The van der Waals surface area contributed by atoms with E-state index in [1.807, 2.05) is 6.07 Å². The van der Waals surface area contributed by atoms with Gasteiger partial charge in [-0.2, -0.15) is 0 Å². The molecule has 1 unspecified atom stereocenters. The number of phenolic OH excluding ortho intramolecular Hbond substituents is 1. The van der Waals surface area contributed by atoms with Gasteiger partial charge >= 0.3 is 5.97 Å². The van der Waals surface area contributed by atoms with Crippen LogP contribution in [0.25, 0.3) is 0 Å². The van der Waals surface area contributed by atoms with E-state index in [1.54, 1.807) is 24.3 Å². The first-order chi connectivity index (χ1) is 7.56. The van der Waals surface area contributed by atoms with Gasteiger partial charge in [-0.05, 0) is 19.1 Å². The molecule has 1 aliphatic rings. The smallest absolute Gasteiger partial charge is 0.327 e. The summed E-state index contributed by atoms with van der Waals surface area (Å²) in [5.74, 6) is -0.660. The highest BCUT2D eigenvalue weighted by atomic mass is 16.6. The Balaban J connectivity index is 0.000000221. The lowest BCUT2D eigenvalue weighted by Gasteiger charge is -1.82. The predicted octanol–water partition coefficient (Wildman–Crippen LogP) is 2.05. The van der Waals surface area contributed by atoms with Gasteiger partial charge in [-0.1, -0.05) is 24.8 Å². The summed E-state index contributed by atoms with van der Waals surface area (Å²) < 4.78 is 4.71. The predicted molar refractivity (Wildman–Crippen MR) is 61.4 cm³/mol. The molecule has 16 heavy (non-hydrogen) atoms. The number of aromatic hydroxyl groups is 1. The Hall–Kier alpha value is -1.81. The molecule has 1 aliphatic heterocycles. The topological polar surface area (TPSA) is 70.1 Å². The number of rotatable bonds is 1. The highest BCUT2D eigenvalue weighted by molar-refractivity contribution is 5.78. The number of aliphatic carboxylic acids is 1. The molecule has 1 saturated heterocycles. The van der Waals surface area contributed by atoms with Crippen LogP contribution in [0.2, 0.25) is 0 Å². The summed E-state index contributed by atoms with van der Waals surface area (Å²) in [7, 11) is 0. The number of carboxylic acid groups (broad SMARTS) is 1. The van der Waals surface area contributed by atoms with Crippen LogP contribution < -0.4 is 0 Å². The first-order valence-electron chi connectivity index (χ1n) is 4.77. The van der Waals surface area contributed by atoms with E-state index in [2.05, 4.69) is 13.5 Å². The molecule has 1 aromatic rings. The summed E-state index contributed by atoms with van der Waals surface area (Å²) in [5.41, 5.74) is 0. The van der Waals surface area contributed by atoms with Gasteiger partial charge < -0.3 is 14.9 Å². The zero-order chi connectivity index (χ0) is 12.4. The lowest BCUT2D eigenvalue weighted by atomic mass is 10.3. The minimum Gasteiger partial charge on any atom is -0.508 e. The Morgan fingerprint density at radius 1 is 1.50 bits per heavy atom. The van der Waals surface area contributed by atoms with Gasteiger partial charge in [0.05, 0.1) is 12.7 Å². The molecule has 0 amide bonds. The van der Waals surface area contributed by atoms with Gasteiger partial charge in [0.15, 0.2) is 0 Å². The van der Waals surface area contributed by atoms with E-state index in [4.69, 9.17) is 14.9 Å². The van der Waals surface area contributed by atoms with Crippen molar-refractivity contribution in [2.45, 2.75) is 13.0 Å². The largest absolute Gasteiger partial charge is 0.508 e. The van der Waals surface area contributed by atoms with Crippen LogP contribution in [0.15, 0.2) is 43.0 Å². The maximum atomic E-state index is 9.25. The fourth-order valence-electron chi connectivity index (χ4n) is 0.524. The Kier molecular flexibility index (Phi) is 7.53. The second-order valence-electron chi connectivity index (χ2n) is 3.02. The standard InChI is InChI=1S/C6H6O.C3H4O2.C3H6O/c7-6-4-2-1-3-5-6;1-2-3(4)5;1-3-2-4-3/h1-5,7H;2H,1H2,(H,4,5);3H,2H2,1H3. The summed E-state index contributed by atoms with van der Waals surface area (Å²) in [6.45, 7) is 6.00. The van der Waals surface area contributed by atoms with Crippen molar-refractivity contribution in [3.05, 3.63) is 43.0 Å². The fraction of sp³-hybridized carbons (Fsp3) is 0.250. The van der Waals surface area contributed by atoms with Crippen molar-refractivity contribution >= 4 is 5.97 Å². The van der Waals surface area contributed by atoms with Crippen LogP contribution in [0.3, 0.4) is 0 Å². The molecule has 0 spiro atoms. The molecule has 1 aromatic carbocycles. The molecule has 4 nitrogen and oxygen atoms in total. The summed E-state index contributed by atoms with van der Waals surface area (Å²) in [6, 6.07) is 8.71. The van der Waals surface area contributed by atoms with Crippen molar-refractivity contribution in [3.63, 3.8) is 0 Å². The number of hydrogen-bond donors (Lipinski definition) is 2. The number of carboxylic acids is 1. The van der Waals surface area contributed by atoms with Crippen molar-refractivity contribution in [3.8, 4) is 5.75 Å². The van der Waals surface area contributed by atoms with E-state index in [0.717, 1.165) is 12.7 Å². The summed E-state index contributed by atoms with van der Waals surface area (Å²) in [5, 5.41) is 16.2. The first kappa shape index (κ1) is 14.2. The van der Waals surface area contributed by atoms with Crippen LogP contribution in [0.4, 0.5) is 0 Å².